The summed E-state index contributed by atoms with van der Waals surface area (Å²) < 4.78 is 5.38. The van der Waals surface area contributed by atoms with Crippen LogP contribution in [-0.2, 0) is 0 Å². The lowest BCUT2D eigenvalue weighted by Gasteiger charge is -2.20. The zero-order valence-corrected chi connectivity index (χ0v) is 11.8. The molecule has 1 unspecified atom stereocenters. The van der Waals surface area contributed by atoms with E-state index in [1.165, 1.54) is 11.1 Å². The van der Waals surface area contributed by atoms with Crippen molar-refractivity contribution >= 4 is 5.69 Å². The van der Waals surface area contributed by atoms with Crippen LogP contribution in [0.3, 0.4) is 0 Å². The van der Waals surface area contributed by atoms with Crippen LogP contribution in [0.15, 0.2) is 48.5 Å². The molecular formula is C17H21NO. The highest BCUT2D eigenvalue weighted by Gasteiger charge is 2.11. The number of hydrogen-bond donors (Lipinski definition) is 1. The standard InChI is InChI=1S/C17H21NO/c1-4-15(14-11-9-13(2)10-12-14)18-16-7-5-6-8-17(16)19-3/h5-12,15,18H,4H2,1-3H3. The summed E-state index contributed by atoms with van der Waals surface area (Å²) in [6.45, 7) is 4.30. The molecule has 0 bridgehead atoms. The van der Waals surface area contributed by atoms with E-state index in [0.29, 0.717) is 6.04 Å². The van der Waals surface area contributed by atoms with E-state index in [4.69, 9.17) is 4.74 Å². The lowest BCUT2D eigenvalue weighted by molar-refractivity contribution is 0.416. The van der Waals surface area contributed by atoms with Gasteiger partial charge in [0.25, 0.3) is 0 Å². The normalized spacial score (nSPS) is 11.9. The number of para-hydroxylation sites is 2. The SMILES string of the molecule is CCC(Nc1ccccc1OC)c1ccc(C)cc1. The molecule has 0 fully saturated rings. The second kappa shape index (κ2) is 6.28. The molecule has 0 saturated carbocycles. The van der Waals surface area contributed by atoms with Crippen LogP contribution in [0.25, 0.3) is 0 Å². The Hall–Kier alpha value is -1.96. The van der Waals surface area contributed by atoms with E-state index in [1.807, 2.05) is 18.2 Å². The first-order valence-electron chi connectivity index (χ1n) is 6.70. The van der Waals surface area contributed by atoms with Gasteiger partial charge in [0.2, 0.25) is 0 Å². The highest BCUT2D eigenvalue weighted by molar-refractivity contribution is 5.57. The number of anilines is 1. The largest absolute Gasteiger partial charge is 0.495 e. The minimum atomic E-state index is 0.303. The molecule has 2 aromatic rings. The Morgan fingerprint density at radius 2 is 1.74 bits per heavy atom. The van der Waals surface area contributed by atoms with E-state index in [9.17, 15) is 0 Å². The molecule has 0 amide bonds. The van der Waals surface area contributed by atoms with Gasteiger partial charge in [-0.1, -0.05) is 48.9 Å². The molecule has 1 atom stereocenters. The molecule has 0 radical (unpaired) electrons. The van der Waals surface area contributed by atoms with Gasteiger partial charge in [-0.15, -0.1) is 0 Å². The van der Waals surface area contributed by atoms with E-state index < -0.39 is 0 Å². The van der Waals surface area contributed by atoms with Gasteiger partial charge in [-0.25, -0.2) is 0 Å². The minimum absolute atomic E-state index is 0.303. The molecule has 100 valence electrons. The topological polar surface area (TPSA) is 21.3 Å². The fourth-order valence-corrected chi connectivity index (χ4v) is 2.17. The average molecular weight is 255 g/mol. The van der Waals surface area contributed by atoms with Gasteiger partial charge in [-0.05, 0) is 31.0 Å². The van der Waals surface area contributed by atoms with Gasteiger partial charge in [0.1, 0.15) is 5.75 Å². The second-order valence-corrected chi connectivity index (χ2v) is 4.72. The molecule has 2 heteroatoms. The lowest BCUT2D eigenvalue weighted by atomic mass is 10.0. The number of methoxy groups -OCH3 is 1. The van der Waals surface area contributed by atoms with Gasteiger partial charge >= 0.3 is 0 Å². The Morgan fingerprint density at radius 3 is 2.37 bits per heavy atom. The van der Waals surface area contributed by atoms with Crippen molar-refractivity contribution in [1.29, 1.82) is 0 Å². The third kappa shape index (κ3) is 3.28. The summed E-state index contributed by atoms with van der Waals surface area (Å²) in [6.07, 6.45) is 1.03. The second-order valence-electron chi connectivity index (χ2n) is 4.72. The van der Waals surface area contributed by atoms with Crippen molar-refractivity contribution in [2.75, 3.05) is 12.4 Å². The van der Waals surface area contributed by atoms with Gasteiger partial charge in [-0.3, -0.25) is 0 Å². The molecule has 0 aliphatic carbocycles. The van der Waals surface area contributed by atoms with Gasteiger partial charge < -0.3 is 10.1 Å². The van der Waals surface area contributed by atoms with Gasteiger partial charge in [0.05, 0.1) is 18.8 Å². The molecule has 19 heavy (non-hydrogen) atoms. The zero-order valence-electron chi connectivity index (χ0n) is 11.8. The highest BCUT2D eigenvalue weighted by Crippen LogP contribution is 2.29. The number of rotatable bonds is 5. The Bertz CT molecular complexity index is 519. The average Bonchev–Trinajstić information content (AvgIpc) is 2.46. The predicted octanol–water partition coefficient (Wildman–Crippen LogP) is 4.57. The summed E-state index contributed by atoms with van der Waals surface area (Å²) in [7, 11) is 1.70. The van der Waals surface area contributed by atoms with Crippen molar-refractivity contribution in [1.82, 2.24) is 0 Å². The van der Waals surface area contributed by atoms with Gasteiger partial charge in [0, 0.05) is 0 Å². The van der Waals surface area contributed by atoms with Crippen molar-refractivity contribution in [3.8, 4) is 5.75 Å². The van der Waals surface area contributed by atoms with Crippen LogP contribution in [0, 0.1) is 6.92 Å². The molecule has 1 N–H and O–H groups in total. The maximum atomic E-state index is 5.38. The molecule has 2 nitrogen and oxygen atoms in total. The maximum absolute atomic E-state index is 5.38. The molecule has 0 spiro atoms. The molecule has 2 rings (SSSR count). The summed E-state index contributed by atoms with van der Waals surface area (Å²) in [5.74, 6) is 0.882. The Kier molecular flexibility index (Phi) is 4.45. The number of hydrogen-bond acceptors (Lipinski definition) is 2. The first-order valence-corrected chi connectivity index (χ1v) is 6.70. The summed E-state index contributed by atoms with van der Waals surface area (Å²) in [6, 6.07) is 17.0. The van der Waals surface area contributed by atoms with Crippen LogP contribution in [0.1, 0.15) is 30.5 Å². The Morgan fingerprint density at radius 1 is 1.05 bits per heavy atom. The van der Waals surface area contributed by atoms with E-state index in [0.717, 1.165) is 17.9 Å². The number of nitrogens with one attached hydrogen (secondary N) is 1. The van der Waals surface area contributed by atoms with Crippen molar-refractivity contribution < 1.29 is 4.74 Å². The maximum Gasteiger partial charge on any atom is 0.141 e. The van der Waals surface area contributed by atoms with Gasteiger partial charge in [0.15, 0.2) is 0 Å². The summed E-state index contributed by atoms with van der Waals surface area (Å²) in [4.78, 5) is 0. The number of benzene rings is 2. The molecule has 0 aliphatic rings. The quantitative estimate of drug-likeness (QED) is 0.845. The molecule has 2 aromatic carbocycles. The number of aryl methyl sites for hydroxylation is 1. The fourth-order valence-electron chi connectivity index (χ4n) is 2.17. The van der Waals surface area contributed by atoms with Gasteiger partial charge in [-0.2, -0.15) is 0 Å². The van der Waals surface area contributed by atoms with E-state index in [2.05, 4.69) is 49.5 Å². The van der Waals surface area contributed by atoms with Crippen molar-refractivity contribution in [2.45, 2.75) is 26.3 Å². The summed E-state index contributed by atoms with van der Waals surface area (Å²) >= 11 is 0. The lowest BCUT2D eigenvalue weighted by Crippen LogP contribution is -2.10. The minimum Gasteiger partial charge on any atom is -0.495 e. The van der Waals surface area contributed by atoms with E-state index >= 15 is 0 Å². The first-order chi connectivity index (χ1) is 9.24. The van der Waals surface area contributed by atoms with Crippen molar-refractivity contribution in [2.24, 2.45) is 0 Å². The summed E-state index contributed by atoms with van der Waals surface area (Å²) in [5, 5.41) is 3.56. The van der Waals surface area contributed by atoms with Crippen LogP contribution in [0.5, 0.6) is 5.75 Å². The van der Waals surface area contributed by atoms with E-state index in [1.54, 1.807) is 7.11 Å². The monoisotopic (exact) mass is 255 g/mol. The van der Waals surface area contributed by atoms with Crippen molar-refractivity contribution in [3.63, 3.8) is 0 Å². The van der Waals surface area contributed by atoms with E-state index in [-0.39, 0.29) is 0 Å². The highest BCUT2D eigenvalue weighted by atomic mass is 16.5. The van der Waals surface area contributed by atoms with Crippen LogP contribution < -0.4 is 10.1 Å². The van der Waals surface area contributed by atoms with Crippen LogP contribution in [0.2, 0.25) is 0 Å². The molecule has 0 heterocycles. The third-order valence-corrected chi connectivity index (χ3v) is 3.32. The fraction of sp³-hybridized carbons (Fsp3) is 0.294. The molecule has 0 aromatic heterocycles. The first kappa shape index (κ1) is 13.5. The Balaban J connectivity index is 2.21. The predicted molar refractivity (Wildman–Crippen MR) is 80.8 cm³/mol. The summed E-state index contributed by atoms with van der Waals surface area (Å²) in [5.41, 5.74) is 3.63. The zero-order chi connectivity index (χ0) is 13.7. The molecule has 0 saturated heterocycles. The van der Waals surface area contributed by atoms with Crippen LogP contribution >= 0.6 is 0 Å². The number of ether oxygens (including phenoxy) is 1. The van der Waals surface area contributed by atoms with Crippen molar-refractivity contribution in [3.05, 3.63) is 59.7 Å². The molecular weight excluding hydrogens is 234 g/mol. The third-order valence-electron chi connectivity index (χ3n) is 3.32. The molecule has 0 aliphatic heterocycles. The van der Waals surface area contributed by atoms with Crippen LogP contribution in [-0.4, -0.2) is 7.11 Å². The smallest absolute Gasteiger partial charge is 0.141 e. The Labute approximate surface area is 115 Å². The van der Waals surface area contributed by atoms with Crippen LogP contribution in [0.4, 0.5) is 5.69 Å².